The lowest BCUT2D eigenvalue weighted by molar-refractivity contribution is -0.142. The first-order chi connectivity index (χ1) is 7.97. The topological polar surface area (TPSA) is 66.4 Å². The van der Waals surface area contributed by atoms with Gasteiger partial charge >= 0.3 is 5.97 Å². The average Bonchev–Trinajstić information content (AvgIpc) is 2.59. The smallest absolute Gasteiger partial charge is 0.309 e. The van der Waals surface area contributed by atoms with Crippen LogP contribution >= 0.6 is 0 Å². The average molecular weight is 241 g/mol. The molecule has 17 heavy (non-hydrogen) atoms. The maximum atomic E-state index is 13.0. The molecule has 2 rings (SSSR count). The molecule has 0 spiro atoms. The summed E-state index contributed by atoms with van der Waals surface area (Å²) in [5.41, 5.74) is 0.126. The van der Waals surface area contributed by atoms with Gasteiger partial charge in [0, 0.05) is 12.5 Å². The second-order valence-electron chi connectivity index (χ2n) is 3.90. The van der Waals surface area contributed by atoms with E-state index in [0.717, 1.165) is 12.1 Å². The predicted octanol–water partition coefficient (Wildman–Crippen LogP) is 1.23. The number of hydrogen-bond acceptors (Lipinski definition) is 2. The standard InChI is InChI=1S/C11H9F2NO3/c12-6-1-5(2-7(13)3-6)10-8(11(16)17)4-9(15)14-10/h1-3,8,10H,4H2,(H,14,15)(H,16,17)/t8-,10+/m0/s1. The molecule has 0 radical (unpaired) electrons. The van der Waals surface area contributed by atoms with Crippen molar-refractivity contribution in [1.29, 1.82) is 0 Å². The SMILES string of the molecule is O=C1C[C@H](C(=O)O)[C@@H](c2cc(F)cc(F)c2)N1. The van der Waals surface area contributed by atoms with E-state index in [9.17, 15) is 18.4 Å². The van der Waals surface area contributed by atoms with Crippen molar-refractivity contribution in [1.82, 2.24) is 5.32 Å². The van der Waals surface area contributed by atoms with Crippen molar-refractivity contribution >= 4 is 11.9 Å². The molecule has 90 valence electrons. The van der Waals surface area contributed by atoms with Gasteiger partial charge in [0.05, 0.1) is 12.0 Å². The minimum atomic E-state index is -1.17. The van der Waals surface area contributed by atoms with Gasteiger partial charge in [-0.25, -0.2) is 8.78 Å². The van der Waals surface area contributed by atoms with Crippen LogP contribution in [0.25, 0.3) is 0 Å². The third-order valence-electron chi connectivity index (χ3n) is 2.69. The molecular weight excluding hydrogens is 232 g/mol. The number of halogens is 2. The molecule has 0 saturated carbocycles. The van der Waals surface area contributed by atoms with E-state index in [0.29, 0.717) is 6.07 Å². The number of carboxylic acid groups (broad SMARTS) is 1. The van der Waals surface area contributed by atoms with E-state index < -0.39 is 35.5 Å². The van der Waals surface area contributed by atoms with Gasteiger partial charge in [0.2, 0.25) is 5.91 Å². The van der Waals surface area contributed by atoms with Gasteiger partial charge in [0.15, 0.2) is 0 Å². The lowest BCUT2D eigenvalue weighted by atomic mass is 9.94. The molecule has 0 bridgehead atoms. The minimum Gasteiger partial charge on any atom is -0.481 e. The quantitative estimate of drug-likeness (QED) is 0.818. The number of carbonyl (C=O) groups is 2. The summed E-state index contributed by atoms with van der Waals surface area (Å²) in [5.74, 6) is -4.20. The van der Waals surface area contributed by atoms with Crippen LogP contribution < -0.4 is 5.32 Å². The van der Waals surface area contributed by atoms with Crippen LogP contribution in [-0.2, 0) is 9.59 Å². The Labute approximate surface area is 95.2 Å². The van der Waals surface area contributed by atoms with Crippen LogP contribution in [0.4, 0.5) is 8.78 Å². The summed E-state index contributed by atoms with van der Waals surface area (Å²) in [5, 5.41) is 11.3. The molecule has 1 aromatic rings. The molecule has 2 atom stereocenters. The molecule has 1 fully saturated rings. The van der Waals surface area contributed by atoms with E-state index in [4.69, 9.17) is 5.11 Å². The highest BCUT2D eigenvalue weighted by molar-refractivity contribution is 5.87. The summed E-state index contributed by atoms with van der Waals surface area (Å²) >= 11 is 0. The molecule has 0 unspecified atom stereocenters. The summed E-state index contributed by atoms with van der Waals surface area (Å²) in [6, 6.07) is 1.85. The molecule has 2 N–H and O–H groups in total. The largest absolute Gasteiger partial charge is 0.481 e. The number of nitrogens with one attached hydrogen (secondary N) is 1. The van der Waals surface area contributed by atoms with Gasteiger partial charge in [-0.1, -0.05) is 0 Å². The van der Waals surface area contributed by atoms with E-state index in [-0.39, 0.29) is 12.0 Å². The Hall–Kier alpha value is -1.98. The number of carboxylic acids is 1. The van der Waals surface area contributed by atoms with Gasteiger partial charge in [-0.2, -0.15) is 0 Å². The minimum absolute atomic E-state index is 0.126. The molecule has 0 aromatic heterocycles. The predicted molar refractivity (Wildman–Crippen MR) is 53.0 cm³/mol. The highest BCUT2D eigenvalue weighted by atomic mass is 19.1. The van der Waals surface area contributed by atoms with Crippen LogP contribution in [0.2, 0.25) is 0 Å². The fraction of sp³-hybridized carbons (Fsp3) is 0.273. The zero-order valence-electron chi connectivity index (χ0n) is 8.61. The van der Waals surface area contributed by atoms with Gasteiger partial charge in [0.25, 0.3) is 0 Å². The Bertz CT molecular complexity index is 469. The van der Waals surface area contributed by atoms with E-state index in [1.165, 1.54) is 0 Å². The van der Waals surface area contributed by atoms with Crippen molar-refractivity contribution in [3.63, 3.8) is 0 Å². The van der Waals surface area contributed by atoms with E-state index >= 15 is 0 Å². The van der Waals surface area contributed by atoms with Crippen molar-refractivity contribution in [3.05, 3.63) is 35.4 Å². The molecule has 1 aromatic carbocycles. The Morgan fingerprint density at radius 1 is 1.29 bits per heavy atom. The maximum absolute atomic E-state index is 13.0. The molecule has 4 nitrogen and oxygen atoms in total. The van der Waals surface area contributed by atoms with Crippen LogP contribution in [0.1, 0.15) is 18.0 Å². The fourth-order valence-corrected chi connectivity index (χ4v) is 1.95. The first-order valence-electron chi connectivity index (χ1n) is 4.95. The Morgan fingerprint density at radius 2 is 1.88 bits per heavy atom. The number of rotatable bonds is 2. The lowest BCUT2D eigenvalue weighted by Crippen LogP contribution is -2.24. The number of hydrogen-bond donors (Lipinski definition) is 2. The fourth-order valence-electron chi connectivity index (χ4n) is 1.95. The van der Waals surface area contributed by atoms with Gasteiger partial charge in [-0.3, -0.25) is 9.59 Å². The highest BCUT2D eigenvalue weighted by Crippen LogP contribution is 2.31. The second kappa shape index (κ2) is 4.12. The first kappa shape index (κ1) is 11.5. The van der Waals surface area contributed by atoms with Gasteiger partial charge in [-0.15, -0.1) is 0 Å². The molecule has 1 aliphatic heterocycles. The molecule has 6 heteroatoms. The molecular formula is C11H9F2NO3. The zero-order chi connectivity index (χ0) is 12.6. The van der Waals surface area contributed by atoms with Crippen LogP contribution in [0.15, 0.2) is 18.2 Å². The molecule has 1 amide bonds. The Balaban J connectivity index is 2.37. The lowest BCUT2D eigenvalue weighted by Gasteiger charge is -2.15. The Kier molecular flexibility index (Phi) is 2.79. The monoisotopic (exact) mass is 241 g/mol. The number of carbonyl (C=O) groups excluding carboxylic acids is 1. The summed E-state index contributed by atoms with van der Waals surface area (Å²) in [4.78, 5) is 22.1. The van der Waals surface area contributed by atoms with E-state index in [1.54, 1.807) is 0 Å². The third-order valence-corrected chi connectivity index (χ3v) is 2.69. The van der Waals surface area contributed by atoms with Crippen LogP contribution in [0, 0.1) is 17.6 Å². The number of amides is 1. The van der Waals surface area contributed by atoms with Crippen molar-refractivity contribution in [2.24, 2.45) is 5.92 Å². The van der Waals surface area contributed by atoms with Crippen molar-refractivity contribution < 1.29 is 23.5 Å². The molecule has 1 heterocycles. The molecule has 1 aliphatic rings. The maximum Gasteiger partial charge on any atom is 0.309 e. The van der Waals surface area contributed by atoms with Crippen LogP contribution in [-0.4, -0.2) is 17.0 Å². The van der Waals surface area contributed by atoms with E-state index in [1.807, 2.05) is 0 Å². The third kappa shape index (κ3) is 2.25. The highest BCUT2D eigenvalue weighted by Gasteiger charge is 2.38. The summed E-state index contributed by atoms with van der Waals surface area (Å²) in [7, 11) is 0. The van der Waals surface area contributed by atoms with Gasteiger partial charge in [0.1, 0.15) is 11.6 Å². The van der Waals surface area contributed by atoms with Gasteiger partial charge in [-0.05, 0) is 17.7 Å². The first-order valence-corrected chi connectivity index (χ1v) is 4.95. The normalized spacial score (nSPS) is 23.5. The van der Waals surface area contributed by atoms with Crippen LogP contribution in [0.3, 0.4) is 0 Å². The van der Waals surface area contributed by atoms with Crippen molar-refractivity contribution in [2.45, 2.75) is 12.5 Å². The molecule has 1 saturated heterocycles. The zero-order valence-corrected chi connectivity index (χ0v) is 8.61. The van der Waals surface area contributed by atoms with Crippen molar-refractivity contribution in [3.8, 4) is 0 Å². The number of benzene rings is 1. The summed E-state index contributed by atoms with van der Waals surface area (Å²) < 4.78 is 26.0. The van der Waals surface area contributed by atoms with E-state index in [2.05, 4.69) is 5.32 Å². The summed E-state index contributed by atoms with van der Waals surface area (Å²) in [6.45, 7) is 0. The summed E-state index contributed by atoms with van der Waals surface area (Å²) in [6.07, 6.45) is -0.182. The van der Waals surface area contributed by atoms with Crippen molar-refractivity contribution in [2.75, 3.05) is 0 Å². The van der Waals surface area contributed by atoms with Crippen LogP contribution in [0.5, 0.6) is 0 Å². The van der Waals surface area contributed by atoms with Gasteiger partial charge < -0.3 is 10.4 Å². The molecule has 0 aliphatic carbocycles. The Morgan fingerprint density at radius 3 is 2.41 bits per heavy atom. The second-order valence-corrected chi connectivity index (χ2v) is 3.90. The number of aliphatic carboxylic acids is 1.